The molecule has 1 aliphatic carbocycles. The summed E-state index contributed by atoms with van der Waals surface area (Å²) >= 11 is 0. The molecule has 2 fully saturated rings. The number of likely N-dealkylation sites (tertiary alicyclic amines) is 1. The number of carbonyl (C=O) groups is 2. The molecule has 1 aliphatic heterocycles. The van der Waals surface area contributed by atoms with Crippen LogP contribution in [0.25, 0.3) is 0 Å². The monoisotopic (exact) mass is 267 g/mol. The van der Waals surface area contributed by atoms with Crippen molar-refractivity contribution >= 4 is 11.9 Å². The van der Waals surface area contributed by atoms with Crippen molar-refractivity contribution in [2.24, 2.45) is 23.7 Å². The van der Waals surface area contributed by atoms with Crippen molar-refractivity contribution in [2.75, 3.05) is 13.1 Å². The summed E-state index contributed by atoms with van der Waals surface area (Å²) < 4.78 is 0. The van der Waals surface area contributed by atoms with E-state index in [4.69, 9.17) is 5.11 Å². The van der Waals surface area contributed by atoms with Gasteiger partial charge in [0.25, 0.3) is 0 Å². The highest BCUT2D eigenvalue weighted by atomic mass is 16.4. The molecule has 1 heterocycles. The third kappa shape index (κ3) is 3.10. The number of aliphatic carboxylic acids is 1. The predicted molar refractivity (Wildman–Crippen MR) is 72.6 cm³/mol. The van der Waals surface area contributed by atoms with Crippen LogP contribution in [0, 0.1) is 23.7 Å². The number of hydrogen-bond acceptors (Lipinski definition) is 2. The van der Waals surface area contributed by atoms with Crippen LogP contribution in [0.3, 0.4) is 0 Å². The van der Waals surface area contributed by atoms with Gasteiger partial charge in [-0.25, -0.2) is 0 Å². The van der Waals surface area contributed by atoms with Gasteiger partial charge in [-0.1, -0.05) is 13.8 Å². The topological polar surface area (TPSA) is 57.6 Å². The summed E-state index contributed by atoms with van der Waals surface area (Å²) in [5.74, 6) is 0.380. The van der Waals surface area contributed by atoms with Crippen molar-refractivity contribution in [2.45, 2.75) is 46.0 Å². The first kappa shape index (κ1) is 14.4. The number of rotatable bonds is 4. The SMILES string of the molecule is CCC(CC)C(=O)N1CC2CC(CC(C(=O)O)C2)C1. The molecule has 19 heavy (non-hydrogen) atoms. The lowest BCUT2D eigenvalue weighted by atomic mass is 9.72. The third-order valence-corrected chi connectivity index (χ3v) is 4.86. The summed E-state index contributed by atoms with van der Waals surface area (Å²) in [5, 5.41) is 9.15. The van der Waals surface area contributed by atoms with Gasteiger partial charge in [0.1, 0.15) is 0 Å². The summed E-state index contributed by atoms with van der Waals surface area (Å²) in [6, 6.07) is 0. The minimum Gasteiger partial charge on any atom is -0.481 e. The third-order valence-electron chi connectivity index (χ3n) is 4.86. The molecule has 2 unspecified atom stereocenters. The minimum atomic E-state index is -0.658. The molecule has 1 N–H and O–H groups in total. The molecule has 0 spiro atoms. The molecule has 108 valence electrons. The summed E-state index contributed by atoms with van der Waals surface area (Å²) in [5.41, 5.74) is 0. The zero-order valence-electron chi connectivity index (χ0n) is 12.0. The molecule has 1 amide bonds. The number of carbonyl (C=O) groups excluding carboxylic acids is 1. The highest BCUT2D eigenvalue weighted by Crippen LogP contribution is 2.38. The van der Waals surface area contributed by atoms with E-state index in [2.05, 4.69) is 13.8 Å². The first-order valence-corrected chi connectivity index (χ1v) is 7.56. The Labute approximate surface area is 115 Å². The molecule has 1 saturated heterocycles. The maximum atomic E-state index is 12.4. The van der Waals surface area contributed by atoms with Crippen molar-refractivity contribution in [1.82, 2.24) is 4.90 Å². The maximum absolute atomic E-state index is 12.4. The Kier molecular flexibility index (Phi) is 4.48. The second-order valence-electron chi connectivity index (χ2n) is 6.23. The molecule has 1 saturated carbocycles. The average Bonchev–Trinajstić information content (AvgIpc) is 2.38. The highest BCUT2D eigenvalue weighted by Gasteiger charge is 2.39. The van der Waals surface area contributed by atoms with Crippen LogP contribution in [0.5, 0.6) is 0 Å². The maximum Gasteiger partial charge on any atom is 0.306 e. The van der Waals surface area contributed by atoms with E-state index in [0.29, 0.717) is 11.8 Å². The zero-order chi connectivity index (χ0) is 14.0. The molecule has 0 radical (unpaired) electrons. The zero-order valence-corrected chi connectivity index (χ0v) is 12.0. The molecule has 0 aromatic rings. The summed E-state index contributed by atoms with van der Waals surface area (Å²) in [7, 11) is 0. The lowest BCUT2D eigenvalue weighted by Gasteiger charge is -2.44. The second kappa shape index (κ2) is 5.93. The van der Waals surface area contributed by atoms with E-state index < -0.39 is 5.97 Å². The first-order chi connectivity index (χ1) is 9.05. The lowest BCUT2D eigenvalue weighted by Crippen LogP contribution is -2.49. The van der Waals surface area contributed by atoms with E-state index in [1.807, 2.05) is 4.90 Å². The number of fused-ring (bicyclic) bond motifs is 2. The van der Waals surface area contributed by atoms with E-state index in [1.165, 1.54) is 0 Å². The van der Waals surface area contributed by atoms with Gasteiger partial charge >= 0.3 is 5.97 Å². The smallest absolute Gasteiger partial charge is 0.306 e. The summed E-state index contributed by atoms with van der Waals surface area (Å²) in [4.78, 5) is 25.5. The normalized spacial score (nSPS) is 30.5. The summed E-state index contributed by atoms with van der Waals surface area (Å²) in [6.45, 7) is 5.68. The number of hydrogen-bond donors (Lipinski definition) is 1. The van der Waals surface area contributed by atoms with E-state index in [1.54, 1.807) is 0 Å². The van der Waals surface area contributed by atoms with E-state index >= 15 is 0 Å². The number of carboxylic acid groups (broad SMARTS) is 1. The number of nitrogens with zero attached hydrogens (tertiary/aromatic N) is 1. The molecular weight excluding hydrogens is 242 g/mol. The Balaban J connectivity index is 1.99. The fraction of sp³-hybridized carbons (Fsp3) is 0.867. The Morgan fingerprint density at radius 2 is 1.63 bits per heavy atom. The number of piperidine rings is 1. The van der Waals surface area contributed by atoms with Crippen LogP contribution in [-0.4, -0.2) is 35.0 Å². The minimum absolute atomic E-state index is 0.147. The van der Waals surface area contributed by atoms with Crippen molar-refractivity contribution < 1.29 is 14.7 Å². The summed E-state index contributed by atoms with van der Waals surface area (Å²) in [6.07, 6.45) is 4.41. The van der Waals surface area contributed by atoms with Gasteiger partial charge in [0, 0.05) is 19.0 Å². The van der Waals surface area contributed by atoms with Gasteiger partial charge < -0.3 is 10.0 Å². The van der Waals surface area contributed by atoms with Gasteiger partial charge in [-0.05, 0) is 43.9 Å². The molecule has 4 nitrogen and oxygen atoms in total. The quantitative estimate of drug-likeness (QED) is 0.850. The Morgan fingerprint density at radius 1 is 1.11 bits per heavy atom. The van der Waals surface area contributed by atoms with E-state index in [0.717, 1.165) is 45.2 Å². The van der Waals surface area contributed by atoms with Gasteiger partial charge in [0.05, 0.1) is 5.92 Å². The van der Waals surface area contributed by atoms with E-state index in [9.17, 15) is 9.59 Å². The van der Waals surface area contributed by atoms with Gasteiger partial charge in [0.2, 0.25) is 5.91 Å². The number of carboxylic acids is 1. The molecule has 2 rings (SSSR count). The standard InChI is InChI=1S/C15H25NO3/c1-3-12(4-2)14(17)16-8-10-5-11(9-16)7-13(6-10)15(18)19/h10-13H,3-9H2,1-2H3,(H,18,19). The van der Waals surface area contributed by atoms with Crippen LogP contribution in [0.15, 0.2) is 0 Å². The van der Waals surface area contributed by atoms with Gasteiger partial charge in [0.15, 0.2) is 0 Å². The first-order valence-electron chi connectivity index (χ1n) is 7.56. The van der Waals surface area contributed by atoms with Crippen molar-refractivity contribution in [3.8, 4) is 0 Å². The van der Waals surface area contributed by atoms with Crippen LogP contribution >= 0.6 is 0 Å². The Bertz CT molecular complexity index is 337. The lowest BCUT2D eigenvalue weighted by molar-refractivity contribution is -0.147. The Morgan fingerprint density at radius 3 is 2.05 bits per heavy atom. The van der Waals surface area contributed by atoms with Crippen LogP contribution in [0.1, 0.15) is 46.0 Å². The fourth-order valence-corrected chi connectivity index (χ4v) is 3.84. The highest BCUT2D eigenvalue weighted by molar-refractivity contribution is 5.79. The molecule has 0 aromatic carbocycles. The van der Waals surface area contributed by atoms with Gasteiger partial charge in [-0.3, -0.25) is 9.59 Å². The Hall–Kier alpha value is -1.06. The molecular formula is C15H25NO3. The van der Waals surface area contributed by atoms with Crippen LogP contribution in [0.4, 0.5) is 0 Å². The molecule has 2 atom stereocenters. The van der Waals surface area contributed by atoms with E-state index in [-0.39, 0.29) is 17.7 Å². The van der Waals surface area contributed by atoms with Crippen molar-refractivity contribution in [3.63, 3.8) is 0 Å². The average molecular weight is 267 g/mol. The van der Waals surface area contributed by atoms with Crippen LogP contribution in [0.2, 0.25) is 0 Å². The molecule has 4 heteroatoms. The van der Waals surface area contributed by atoms with Gasteiger partial charge in [-0.2, -0.15) is 0 Å². The van der Waals surface area contributed by atoms with Crippen molar-refractivity contribution in [3.05, 3.63) is 0 Å². The van der Waals surface area contributed by atoms with Crippen molar-refractivity contribution in [1.29, 1.82) is 0 Å². The van der Waals surface area contributed by atoms with Crippen LogP contribution in [-0.2, 0) is 9.59 Å². The number of amides is 1. The van der Waals surface area contributed by atoms with Crippen LogP contribution < -0.4 is 0 Å². The molecule has 2 bridgehead atoms. The molecule has 2 aliphatic rings. The fourth-order valence-electron chi connectivity index (χ4n) is 3.84. The molecule has 0 aromatic heterocycles. The predicted octanol–water partition coefficient (Wildman–Crippen LogP) is 2.38. The largest absolute Gasteiger partial charge is 0.481 e. The second-order valence-corrected chi connectivity index (χ2v) is 6.23. The van der Waals surface area contributed by atoms with Gasteiger partial charge in [-0.15, -0.1) is 0 Å².